The van der Waals surface area contributed by atoms with Crippen molar-refractivity contribution in [3.63, 3.8) is 0 Å². The van der Waals surface area contributed by atoms with Crippen LogP contribution < -0.4 is 26.2 Å². The third-order valence-electron chi connectivity index (χ3n) is 3.10. The molecule has 0 aliphatic rings. The first-order valence-corrected chi connectivity index (χ1v) is 7.82. The van der Waals surface area contributed by atoms with Crippen LogP contribution in [-0.4, -0.2) is 24.2 Å². The van der Waals surface area contributed by atoms with Gasteiger partial charge in [-0.3, -0.25) is 10.2 Å². The van der Waals surface area contributed by atoms with Crippen LogP contribution in [-0.2, 0) is 11.2 Å². The first-order chi connectivity index (χ1) is 12.1. The molecule has 0 spiro atoms. The molecule has 130 valence electrons. The lowest BCUT2D eigenvalue weighted by Crippen LogP contribution is -2.50. The minimum absolute atomic E-state index is 0.00160. The van der Waals surface area contributed by atoms with Gasteiger partial charge in [-0.25, -0.2) is 10.2 Å². The van der Waals surface area contributed by atoms with Gasteiger partial charge in [0.2, 0.25) is 5.91 Å². The van der Waals surface area contributed by atoms with E-state index in [4.69, 9.17) is 17.0 Å². The third kappa shape index (κ3) is 6.48. The number of nitrogens with one attached hydrogen (secondary N) is 4. The van der Waals surface area contributed by atoms with Crippen molar-refractivity contribution in [1.29, 1.82) is 0 Å². The van der Waals surface area contributed by atoms with Gasteiger partial charge in [0.1, 0.15) is 5.75 Å². The summed E-state index contributed by atoms with van der Waals surface area (Å²) >= 11 is 4.96. The number of amides is 3. The summed E-state index contributed by atoms with van der Waals surface area (Å²) in [5.74, 6) is 0.419. The third-order valence-corrected chi connectivity index (χ3v) is 3.30. The van der Waals surface area contributed by atoms with Crippen molar-refractivity contribution in [2.45, 2.75) is 6.42 Å². The number of benzene rings is 2. The zero-order valence-electron chi connectivity index (χ0n) is 13.5. The molecule has 0 aromatic heterocycles. The molecular weight excluding hydrogens is 340 g/mol. The highest BCUT2D eigenvalue weighted by Gasteiger charge is 2.07. The Hall–Kier alpha value is -3.13. The van der Waals surface area contributed by atoms with E-state index in [0.29, 0.717) is 5.69 Å². The Kier molecular flexibility index (Phi) is 6.73. The summed E-state index contributed by atoms with van der Waals surface area (Å²) in [5, 5.41) is 5.09. The summed E-state index contributed by atoms with van der Waals surface area (Å²) in [7, 11) is 1.58. The predicted octanol–water partition coefficient (Wildman–Crippen LogP) is 1.97. The number of hydrazine groups is 1. The topological polar surface area (TPSA) is 91.5 Å². The van der Waals surface area contributed by atoms with E-state index in [1.54, 1.807) is 55.6 Å². The van der Waals surface area contributed by atoms with Gasteiger partial charge in [0.25, 0.3) is 0 Å². The summed E-state index contributed by atoms with van der Waals surface area (Å²) in [4.78, 5) is 23.6. The van der Waals surface area contributed by atoms with Gasteiger partial charge >= 0.3 is 6.03 Å². The van der Waals surface area contributed by atoms with E-state index < -0.39 is 6.03 Å². The van der Waals surface area contributed by atoms with Crippen molar-refractivity contribution in [1.82, 2.24) is 16.2 Å². The number of hydrogen-bond donors (Lipinski definition) is 4. The summed E-state index contributed by atoms with van der Waals surface area (Å²) in [6.45, 7) is 0. The molecule has 0 unspecified atom stereocenters. The average molecular weight is 358 g/mol. The maximum absolute atomic E-state index is 11.9. The maximum Gasteiger partial charge on any atom is 0.337 e. The van der Waals surface area contributed by atoms with Gasteiger partial charge in [-0.15, -0.1) is 0 Å². The molecule has 4 N–H and O–H groups in total. The summed E-state index contributed by atoms with van der Waals surface area (Å²) in [6.07, 6.45) is 0.155. The van der Waals surface area contributed by atoms with Crippen LogP contribution in [0.1, 0.15) is 5.56 Å². The number of anilines is 1. The Balaban J connectivity index is 1.71. The molecule has 2 rings (SSSR count). The van der Waals surface area contributed by atoms with Crippen molar-refractivity contribution in [3.8, 4) is 5.75 Å². The lowest BCUT2D eigenvalue weighted by molar-refractivity contribution is -0.119. The second kappa shape index (κ2) is 9.24. The fourth-order valence-corrected chi connectivity index (χ4v) is 2.09. The van der Waals surface area contributed by atoms with Crippen LogP contribution in [0.3, 0.4) is 0 Å². The Morgan fingerprint density at radius 3 is 2.32 bits per heavy atom. The highest BCUT2D eigenvalue weighted by atomic mass is 32.1. The molecule has 0 bridgehead atoms. The summed E-state index contributed by atoms with van der Waals surface area (Å²) in [5.41, 5.74) is 6.25. The van der Waals surface area contributed by atoms with E-state index in [1.807, 2.05) is 6.07 Å². The van der Waals surface area contributed by atoms with Crippen LogP contribution in [0.25, 0.3) is 0 Å². The van der Waals surface area contributed by atoms with Crippen molar-refractivity contribution in [2.75, 3.05) is 12.4 Å². The van der Waals surface area contributed by atoms with E-state index in [-0.39, 0.29) is 17.4 Å². The van der Waals surface area contributed by atoms with E-state index in [0.717, 1.165) is 11.3 Å². The molecular formula is C17H18N4O3S. The SMILES string of the molecule is COc1ccc(CC(=O)NC(=S)NNC(=O)Nc2ccccc2)cc1. The lowest BCUT2D eigenvalue weighted by atomic mass is 10.1. The number of para-hydroxylation sites is 1. The van der Waals surface area contributed by atoms with Crippen LogP contribution >= 0.6 is 12.2 Å². The molecule has 7 nitrogen and oxygen atoms in total. The number of methoxy groups -OCH3 is 1. The second-order valence-corrected chi connectivity index (χ2v) is 5.38. The first-order valence-electron chi connectivity index (χ1n) is 7.41. The highest BCUT2D eigenvalue weighted by Crippen LogP contribution is 2.11. The smallest absolute Gasteiger partial charge is 0.337 e. The molecule has 8 heteroatoms. The van der Waals surface area contributed by atoms with E-state index in [2.05, 4.69) is 21.5 Å². The maximum atomic E-state index is 11.9. The molecule has 0 saturated heterocycles. The Morgan fingerprint density at radius 1 is 1.00 bits per heavy atom. The van der Waals surface area contributed by atoms with Crippen molar-refractivity contribution >= 4 is 35.0 Å². The van der Waals surface area contributed by atoms with E-state index in [1.165, 1.54) is 0 Å². The number of rotatable bonds is 4. The summed E-state index contributed by atoms with van der Waals surface area (Å²) < 4.78 is 5.06. The highest BCUT2D eigenvalue weighted by molar-refractivity contribution is 7.80. The molecule has 0 aliphatic carbocycles. The molecule has 0 fully saturated rings. The van der Waals surface area contributed by atoms with Gasteiger partial charge in [0.15, 0.2) is 5.11 Å². The zero-order valence-corrected chi connectivity index (χ0v) is 14.4. The number of carbonyl (C=O) groups is 2. The number of ether oxygens (including phenoxy) is 1. The standard InChI is InChI=1S/C17H18N4O3S/c1-24-14-9-7-12(8-10-14)11-15(22)19-17(25)21-20-16(23)18-13-5-3-2-4-6-13/h2-10H,11H2,1H3,(H2,18,20,23)(H2,19,21,22,25). The Labute approximate surface area is 150 Å². The van der Waals surface area contributed by atoms with Crippen LogP contribution in [0.5, 0.6) is 5.75 Å². The molecule has 0 radical (unpaired) electrons. The zero-order chi connectivity index (χ0) is 18.1. The Morgan fingerprint density at radius 2 is 1.68 bits per heavy atom. The molecule has 2 aromatic carbocycles. The fraction of sp³-hybridized carbons (Fsp3) is 0.118. The van der Waals surface area contributed by atoms with E-state index in [9.17, 15) is 9.59 Å². The van der Waals surface area contributed by atoms with Crippen molar-refractivity contribution < 1.29 is 14.3 Å². The number of urea groups is 1. The monoisotopic (exact) mass is 358 g/mol. The molecule has 0 aliphatic heterocycles. The molecule has 0 saturated carbocycles. The quantitative estimate of drug-likeness (QED) is 0.495. The van der Waals surface area contributed by atoms with Gasteiger partial charge in [-0.2, -0.15) is 0 Å². The van der Waals surface area contributed by atoms with Crippen LogP contribution in [0.15, 0.2) is 54.6 Å². The number of hydrogen-bond acceptors (Lipinski definition) is 4. The second-order valence-electron chi connectivity index (χ2n) is 4.97. The van der Waals surface area contributed by atoms with Crippen molar-refractivity contribution in [2.24, 2.45) is 0 Å². The van der Waals surface area contributed by atoms with Gasteiger partial charge in [0.05, 0.1) is 13.5 Å². The minimum atomic E-state index is -0.502. The predicted molar refractivity (Wildman–Crippen MR) is 99.2 cm³/mol. The normalized spacial score (nSPS) is 9.64. The molecule has 3 amide bonds. The first kappa shape index (κ1) is 18.2. The van der Waals surface area contributed by atoms with Gasteiger partial charge in [-0.1, -0.05) is 30.3 Å². The van der Waals surface area contributed by atoms with Crippen LogP contribution in [0, 0.1) is 0 Å². The molecule has 0 atom stereocenters. The van der Waals surface area contributed by atoms with E-state index >= 15 is 0 Å². The van der Waals surface area contributed by atoms with Crippen LogP contribution in [0.2, 0.25) is 0 Å². The van der Waals surface area contributed by atoms with Gasteiger partial charge in [-0.05, 0) is 42.0 Å². The minimum Gasteiger partial charge on any atom is -0.497 e. The Bertz CT molecular complexity index is 735. The number of thiocarbonyl (C=S) groups is 1. The summed E-state index contributed by atoms with van der Waals surface area (Å²) in [6, 6.07) is 15.6. The molecule has 0 heterocycles. The largest absolute Gasteiger partial charge is 0.497 e. The molecule has 2 aromatic rings. The van der Waals surface area contributed by atoms with Gasteiger partial charge in [0, 0.05) is 5.69 Å². The fourth-order valence-electron chi connectivity index (χ4n) is 1.93. The lowest BCUT2D eigenvalue weighted by Gasteiger charge is -2.11. The van der Waals surface area contributed by atoms with Crippen molar-refractivity contribution in [3.05, 3.63) is 60.2 Å². The average Bonchev–Trinajstić information content (AvgIpc) is 2.61. The number of carbonyl (C=O) groups excluding carboxylic acids is 2. The molecule has 25 heavy (non-hydrogen) atoms. The van der Waals surface area contributed by atoms with Gasteiger partial charge < -0.3 is 15.4 Å². The van der Waals surface area contributed by atoms with Crippen LogP contribution in [0.4, 0.5) is 10.5 Å².